The minimum Gasteiger partial charge on any atom is -0.381 e. The number of hydrogen-bond acceptors (Lipinski definition) is 2. The van der Waals surface area contributed by atoms with Crippen molar-refractivity contribution in [1.82, 2.24) is 5.32 Å². The van der Waals surface area contributed by atoms with E-state index in [0.717, 1.165) is 32.0 Å². The molecule has 2 heteroatoms. The van der Waals surface area contributed by atoms with Crippen LogP contribution >= 0.6 is 0 Å². The molecule has 0 aromatic heterocycles. The fraction of sp³-hybridized carbons (Fsp3) is 1.00. The maximum absolute atomic E-state index is 5.48. The first-order chi connectivity index (χ1) is 6.70. The molecule has 0 aliphatic rings. The molecule has 0 fully saturated rings. The van der Waals surface area contributed by atoms with Crippen molar-refractivity contribution in [2.24, 2.45) is 5.92 Å². The van der Waals surface area contributed by atoms with Gasteiger partial charge in [-0.25, -0.2) is 0 Å². The van der Waals surface area contributed by atoms with E-state index in [4.69, 9.17) is 4.74 Å². The van der Waals surface area contributed by atoms with E-state index < -0.39 is 0 Å². The van der Waals surface area contributed by atoms with Gasteiger partial charge < -0.3 is 10.1 Å². The van der Waals surface area contributed by atoms with Gasteiger partial charge in [-0.2, -0.15) is 0 Å². The molecular formula is C12H27NO. The summed E-state index contributed by atoms with van der Waals surface area (Å²) >= 11 is 0. The Bertz CT molecular complexity index is 115. The van der Waals surface area contributed by atoms with E-state index in [1.165, 1.54) is 12.8 Å². The highest BCUT2D eigenvalue weighted by molar-refractivity contribution is 4.65. The van der Waals surface area contributed by atoms with E-state index in [0.29, 0.717) is 6.04 Å². The minimum atomic E-state index is 0.634. The highest BCUT2D eigenvalue weighted by Gasteiger charge is 2.06. The summed E-state index contributed by atoms with van der Waals surface area (Å²) in [6, 6.07) is 0.634. The van der Waals surface area contributed by atoms with Crippen LogP contribution in [0, 0.1) is 5.92 Å². The molecule has 0 aliphatic carbocycles. The van der Waals surface area contributed by atoms with Crippen LogP contribution in [0.5, 0.6) is 0 Å². The predicted octanol–water partition coefficient (Wildman–Crippen LogP) is 2.83. The van der Waals surface area contributed by atoms with Gasteiger partial charge in [-0.1, -0.05) is 20.8 Å². The van der Waals surface area contributed by atoms with E-state index in [1.807, 2.05) is 7.05 Å². The first-order valence-corrected chi connectivity index (χ1v) is 5.95. The summed E-state index contributed by atoms with van der Waals surface area (Å²) in [6.07, 6.45) is 4.84. The first kappa shape index (κ1) is 13.9. The summed E-state index contributed by atoms with van der Waals surface area (Å²) < 4.78 is 5.48. The zero-order valence-electron chi connectivity index (χ0n) is 10.3. The van der Waals surface area contributed by atoms with Gasteiger partial charge in [0.2, 0.25) is 0 Å². The van der Waals surface area contributed by atoms with E-state index in [9.17, 15) is 0 Å². The van der Waals surface area contributed by atoms with Crippen LogP contribution in [0.1, 0.15) is 46.5 Å². The molecule has 0 saturated carbocycles. The van der Waals surface area contributed by atoms with E-state index in [1.54, 1.807) is 0 Å². The third-order valence-electron chi connectivity index (χ3n) is 2.46. The van der Waals surface area contributed by atoms with Gasteiger partial charge in [-0.05, 0) is 38.6 Å². The number of nitrogens with one attached hydrogen (secondary N) is 1. The number of ether oxygens (including phenoxy) is 1. The fourth-order valence-corrected chi connectivity index (χ4v) is 1.44. The third-order valence-corrected chi connectivity index (χ3v) is 2.46. The van der Waals surface area contributed by atoms with Gasteiger partial charge in [0.05, 0.1) is 0 Å². The Morgan fingerprint density at radius 3 is 2.29 bits per heavy atom. The summed E-state index contributed by atoms with van der Waals surface area (Å²) in [6.45, 7) is 8.51. The van der Waals surface area contributed by atoms with Crippen LogP contribution in [0.3, 0.4) is 0 Å². The lowest BCUT2D eigenvalue weighted by molar-refractivity contribution is 0.124. The largest absolute Gasteiger partial charge is 0.381 e. The van der Waals surface area contributed by atoms with Crippen molar-refractivity contribution in [3.63, 3.8) is 0 Å². The molecule has 0 radical (unpaired) electrons. The van der Waals surface area contributed by atoms with Crippen molar-refractivity contribution < 1.29 is 4.74 Å². The van der Waals surface area contributed by atoms with Gasteiger partial charge >= 0.3 is 0 Å². The summed E-state index contributed by atoms with van der Waals surface area (Å²) in [5.41, 5.74) is 0. The monoisotopic (exact) mass is 201 g/mol. The van der Waals surface area contributed by atoms with Crippen molar-refractivity contribution >= 4 is 0 Å². The Labute approximate surface area is 89.4 Å². The lowest BCUT2D eigenvalue weighted by Crippen LogP contribution is -2.27. The number of hydrogen-bond donors (Lipinski definition) is 1. The van der Waals surface area contributed by atoms with Crippen molar-refractivity contribution in [2.75, 3.05) is 20.3 Å². The van der Waals surface area contributed by atoms with E-state index in [-0.39, 0.29) is 0 Å². The molecule has 2 nitrogen and oxygen atoms in total. The van der Waals surface area contributed by atoms with Gasteiger partial charge in [0, 0.05) is 19.3 Å². The van der Waals surface area contributed by atoms with Crippen LogP contribution in [0.4, 0.5) is 0 Å². The molecule has 14 heavy (non-hydrogen) atoms. The molecule has 0 spiro atoms. The normalized spacial score (nSPS) is 13.5. The van der Waals surface area contributed by atoms with Crippen LogP contribution in [0.2, 0.25) is 0 Å². The Hall–Kier alpha value is -0.0800. The maximum Gasteiger partial charge on any atom is 0.0480 e. The summed E-state index contributed by atoms with van der Waals surface area (Å²) in [5, 5.41) is 3.35. The average molecular weight is 201 g/mol. The Kier molecular flexibility index (Phi) is 9.42. The van der Waals surface area contributed by atoms with Crippen LogP contribution in [-0.4, -0.2) is 26.3 Å². The lowest BCUT2D eigenvalue weighted by atomic mass is 10.0. The van der Waals surface area contributed by atoms with Crippen LogP contribution in [0.15, 0.2) is 0 Å². The van der Waals surface area contributed by atoms with E-state index in [2.05, 4.69) is 26.1 Å². The molecule has 0 aliphatic heterocycles. The maximum atomic E-state index is 5.48. The second-order valence-corrected chi connectivity index (χ2v) is 4.36. The molecule has 1 unspecified atom stereocenters. The summed E-state index contributed by atoms with van der Waals surface area (Å²) in [7, 11) is 2.05. The summed E-state index contributed by atoms with van der Waals surface area (Å²) in [5.74, 6) is 0.808. The van der Waals surface area contributed by atoms with Crippen LogP contribution < -0.4 is 5.32 Å². The SMILES string of the molecule is CCCOCCC(CCC(C)C)NC. The molecule has 0 aromatic carbocycles. The molecule has 0 saturated heterocycles. The fourth-order valence-electron chi connectivity index (χ4n) is 1.44. The first-order valence-electron chi connectivity index (χ1n) is 5.95. The quantitative estimate of drug-likeness (QED) is 0.579. The molecule has 0 aromatic rings. The molecule has 0 bridgehead atoms. The van der Waals surface area contributed by atoms with Gasteiger partial charge in [-0.3, -0.25) is 0 Å². The third kappa shape index (κ3) is 8.52. The second kappa shape index (κ2) is 9.47. The van der Waals surface area contributed by atoms with E-state index >= 15 is 0 Å². The Morgan fingerprint density at radius 2 is 1.79 bits per heavy atom. The van der Waals surface area contributed by atoms with Crippen LogP contribution in [0.25, 0.3) is 0 Å². The van der Waals surface area contributed by atoms with Crippen molar-refractivity contribution in [3.8, 4) is 0 Å². The highest BCUT2D eigenvalue weighted by Crippen LogP contribution is 2.09. The van der Waals surface area contributed by atoms with Crippen molar-refractivity contribution in [2.45, 2.75) is 52.5 Å². The molecule has 0 amide bonds. The number of rotatable bonds is 9. The summed E-state index contributed by atoms with van der Waals surface area (Å²) in [4.78, 5) is 0. The predicted molar refractivity (Wildman–Crippen MR) is 62.6 cm³/mol. The molecule has 86 valence electrons. The zero-order valence-corrected chi connectivity index (χ0v) is 10.3. The standard InChI is InChI=1S/C12H27NO/c1-5-9-14-10-8-12(13-4)7-6-11(2)3/h11-13H,5-10H2,1-4H3. The zero-order chi connectivity index (χ0) is 10.8. The molecule has 1 atom stereocenters. The molecule has 0 rings (SSSR count). The van der Waals surface area contributed by atoms with Gasteiger partial charge in [-0.15, -0.1) is 0 Å². The minimum absolute atomic E-state index is 0.634. The van der Waals surface area contributed by atoms with Gasteiger partial charge in [0.25, 0.3) is 0 Å². The van der Waals surface area contributed by atoms with Gasteiger partial charge in [0.15, 0.2) is 0 Å². The Balaban J connectivity index is 3.38. The van der Waals surface area contributed by atoms with Crippen molar-refractivity contribution in [1.29, 1.82) is 0 Å². The van der Waals surface area contributed by atoms with Crippen LogP contribution in [-0.2, 0) is 4.74 Å². The molecular weight excluding hydrogens is 174 g/mol. The van der Waals surface area contributed by atoms with Crippen molar-refractivity contribution in [3.05, 3.63) is 0 Å². The smallest absolute Gasteiger partial charge is 0.0480 e. The lowest BCUT2D eigenvalue weighted by Gasteiger charge is -2.17. The molecule has 0 heterocycles. The average Bonchev–Trinajstić information content (AvgIpc) is 2.16. The molecule has 1 N–H and O–H groups in total. The van der Waals surface area contributed by atoms with Gasteiger partial charge in [0.1, 0.15) is 0 Å². The topological polar surface area (TPSA) is 21.3 Å². The highest BCUT2D eigenvalue weighted by atomic mass is 16.5. The Morgan fingerprint density at radius 1 is 1.07 bits per heavy atom. The second-order valence-electron chi connectivity index (χ2n) is 4.36.